The molecular formula is C21H33Cl2N3OS. The van der Waals surface area contributed by atoms with Gasteiger partial charge in [-0.05, 0) is 68.8 Å². The van der Waals surface area contributed by atoms with E-state index in [1.165, 1.54) is 29.5 Å². The molecule has 0 unspecified atom stereocenters. The van der Waals surface area contributed by atoms with Crippen LogP contribution in [0.4, 0.5) is 0 Å². The van der Waals surface area contributed by atoms with E-state index in [4.69, 9.17) is 0 Å². The molecule has 2 atom stereocenters. The van der Waals surface area contributed by atoms with Crippen LogP contribution >= 0.6 is 36.6 Å². The Balaban J connectivity index is 0.00000140. The minimum Gasteiger partial charge on any atom is -0.331 e. The van der Waals surface area contributed by atoms with Crippen LogP contribution in [0, 0.1) is 13.8 Å². The lowest BCUT2D eigenvalue weighted by Crippen LogP contribution is -2.42. The number of thioether (sulfide) groups is 1. The molecule has 0 spiro atoms. The number of nitrogens with one attached hydrogen (secondary N) is 1. The first-order valence-electron chi connectivity index (χ1n) is 10.0. The summed E-state index contributed by atoms with van der Waals surface area (Å²) in [6, 6.07) is 7.54. The third-order valence-electron chi connectivity index (χ3n) is 6.52. The summed E-state index contributed by atoms with van der Waals surface area (Å²) in [6.07, 6.45) is 3.45. The first-order chi connectivity index (χ1) is 12.6. The second kappa shape index (κ2) is 10.5. The van der Waals surface area contributed by atoms with E-state index in [1.54, 1.807) is 0 Å². The lowest BCUT2D eigenvalue weighted by atomic mass is 9.87. The summed E-state index contributed by atoms with van der Waals surface area (Å²) in [6.45, 7) is 8.61. The topological polar surface area (TPSA) is 35.6 Å². The van der Waals surface area contributed by atoms with Crippen molar-refractivity contribution in [1.82, 2.24) is 15.1 Å². The number of carbonyl (C=O) groups excluding carboxylic acids is 1. The highest BCUT2D eigenvalue weighted by Crippen LogP contribution is 2.31. The van der Waals surface area contributed by atoms with Gasteiger partial charge < -0.3 is 10.2 Å². The summed E-state index contributed by atoms with van der Waals surface area (Å²) in [4.78, 5) is 17.3. The van der Waals surface area contributed by atoms with Crippen LogP contribution in [0.25, 0.3) is 0 Å². The first-order valence-corrected chi connectivity index (χ1v) is 11.2. The van der Waals surface area contributed by atoms with Crippen molar-refractivity contribution >= 4 is 42.5 Å². The number of nitrogens with zero attached hydrogens (tertiary/aromatic N) is 2. The number of rotatable bonds is 3. The zero-order valence-electron chi connectivity index (χ0n) is 16.9. The Hall–Kier alpha value is -0.460. The highest BCUT2D eigenvalue weighted by Gasteiger charge is 2.36. The van der Waals surface area contributed by atoms with Crippen LogP contribution in [0.1, 0.15) is 41.9 Å². The van der Waals surface area contributed by atoms with Gasteiger partial charge in [-0.25, -0.2) is 0 Å². The van der Waals surface area contributed by atoms with Crippen LogP contribution in [0.2, 0.25) is 0 Å². The Morgan fingerprint density at radius 3 is 2.50 bits per heavy atom. The number of carbonyl (C=O) groups is 1. The van der Waals surface area contributed by atoms with Gasteiger partial charge in [0.2, 0.25) is 5.91 Å². The van der Waals surface area contributed by atoms with Crippen molar-refractivity contribution in [3.8, 4) is 0 Å². The van der Waals surface area contributed by atoms with Crippen molar-refractivity contribution in [2.45, 2.75) is 51.1 Å². The summed E-state index contributed by atoms with van der Waals surface area (Å²) in [7, 11) is 0. The molecule has 3 aliphatic heterocycles. The summed E-state index contributed by atoms with van der Waals surface area (Å²) in [5.41, 5.74) is 4.30. The normalized spacial score (nSPS) is 26.0. The summed E-state index contributed by atoms with van der Waals surface area (Å²) < 4.78 is 0. The van der Waals surface area contributed by atoms with Gasteiger partial charge in [0.1, 0.15) is 0 Å². The molecule has 1 N–H and O–H groups in total. The van der Waals surface area contributed by atoms with Gasteiger partial charge in [0.25, 0.3) is 0 Å². The zero-order valence-corrected chi connectivity index (χ0v) is 19.3. The fraction of sp³-hybridized carbons (Fsp3) is 0.667. The molecule has 0 saturated carbocycles. The molecule has 4 nitrogen and oxygen atoms in total. The molecule has 1 amide bonds. The van der Waals surface area contributed by atoms with Crippen molar-refractivity contribution in [3.05, 3.63) is 34.9 Å². The second-order valence-electron chi connectivity index (χ2n) is 8.14. The highest BCUT2D eigenvalue weighted by atomic mass is 35.5. The molecule has 158 valence electrons. The van der Waals surface area contributed by atoms with Crippen molar-refractivity contribution in [2.24, 2.45) is 0 Å². The third-order valence-corrected chi connectivity index (χ3v) is 7.48. The summed E-state index contributed by atoms with van der Waals surface area (Å²) in [5, 5.41) is 3.50. The fourth-order valence-electron chi connectivity index (χ4n) is 4.61. The molecular weight excluding hydrogens is 413 g/mol. The van der Waals surface area contributed by atoms with Gasteiger partial charge in [-0.2, -0.15) is 0 Å². The minimum absolute atomic E-state index is 0. The maximum absolute atomic E-state index is 12.6. The van der Waals surface area contributed by atoms with E-state index in [1.807, 2.05) is 16.7 Å². The summed E-state index contributed by atoms with van der Waals surface area (Å²) >= 11 is 1.86. The standard InChI is InChI=1S/C21H31N3OS.2ClH/c1-15-3-4-18(11-16(15)2)17-5-7-23(8-6-17)19-12-20(22-13-19)21(25)24-9-10-26-14-24;;/h3-4,11,17,19-20,22H,5-10,12-14H2,1-2H3;2*1H/t19-,20-;;/m0../s1. The lowest BCUT2D eigenvalue weighted by Gasteiger charge is -2.36. The maximum atomic E-state index is 12.6. The van der Waals surface area contributed by atoms with Crippen molar-refractivity contribution in [1.29, 1.82) is 0 Å². The molecule has 0 bridgehead atoms. The van der Waals surface area contributed by atoms with Crippen molar-refractivity contribution < 1.29 is 4.79 Å². The van der Waals surface area contributed by atoms with E-state index in [0.29, 0.717) is 17.9 Å². The van der Waals surface area contributed by atoms with Gasteiger partial charge in [0.05, 0.1) is 11.9 Å². The Morgan fingerprint density at radius 1 is 1.11 bits per heavy atom. The van der Waals surface area contributed by atoms with Crippen LogP contribution in [0.5, 0.6) is 0 Å². The number of amides is 1. The number of likely N-dealkylation sites (tertiary alicyclic amines) is 1. The number of aryl methyl sites for hydroxylation is 2. The van der Waals surface area contributed by atoms with Gasteiger partial charge in [-0.1, -0.05) is 18.2 Å². The van der Waals surface area contributed by atoms with E-state index in [9.17, 15) is 4.79 Å². The maximum Gasteiger partial charge on any atom is 0.240 e. The first kappa shape index (κ1) is 23.8. The molecule has 0 radical (unpaired) electrons. The van der Waals surface area contributed by atoms with Crippen molar-refractivity contribution in [3.63, 3.8) is 0 Å². The molecule has 0 aromatic heterocycles. The summed E-state index contributed by atoms with van der Waals surface area (Å²) in [5.74, 6) is 2.98. The average Bonchev–Trinajstić information content (AvgIpc) is 3.36. The lowest BCUT2D eigenvalue weighted by molar-refractivity contribution is -0.131. The van der Waals surface area contributed by atoms with Crippen LogP contribution in [-0.2, 0) is 4.79 Å². The molecule has 3 heterocycles. The number of benzene rings is 1. The number of hydrogen-bond acceptors (Lipinski definition) is 4. The smallest absolute Gasteiger partial charge is 0.240 e. The van der Waals surface area contributed by atoms with E-state index in [0.717, 1.165) is 44.2 Å². The van der Waals surface area contributed by atoms with Crippen LogP contribution in [0.3, 0.4) is 0 Å². The van der Waals surface area contributed by atoms with Gasteiger partial charge in [0, 0.05) is 24.9 Å². The molecule has 7 heteroatoms. The van der Waals surface area contributed by atoms with Crippen LogP contribution < -0.4 is 5.32 Å². The van der Waals surface area contributed by atoms with Gasteiger partial charge in [0.15, 0.2) is 0 Å². The number of halogens is 2. The van der Waals surface area contributed by atoms with E-state index in [-0.39, 0.29) is 30.9 Å². The quantitative estimate of drug-likeness (QED) is 0.770. The van der Waals surface area contributed by atoms with Crippen molar-refractivity contribution in [2.75, 3.05) is 37.8 Å². The Bertz CT molecular complexity index is 661. The zero-order chi connectivity index (χ0) is 18.1. The molecule has 0 aliphatic carbocycles. The molecule has 28 heavy (non-hydrogen) atoms. The fourth-order valence-corrected chi connectivity index (χ4v) is 5.56. The molecule has 3 aliphatic rings. The molecule has 4 rings (SSSR count). The second-order valence-corrected chi connectivity index (χ2v) is 9.22. The van der Waals surface area contributed by atoms with Gasteiger partial charge >= 0.3 is 0 Å². The Labute approximate surface area is 186 Å². The predicted octanol–water partition coefficient (Wildman–Crippen LogP) is 3.59. The number of hydrogen-bond donors (Lipinski definition) is 1. The third kappa shape index (κ3) is 5.17. The SMILES string of the molecule is Cc1ccc(C2CCN([C@@H]3CN[C@H](C(=O)N4CCSC4)C3)CC2)cc1C.Cl.Cl. The average molecular weight is 446 g/mol. The Morgan fingerprint density at radius 2 is 1.86 bits per heavy atom. The van der Waals surface area contributed by atoms with E-state index < -0.39 is 0 Å². The minimum atomic E-state index is 0. The van der Waals surface area contributed by atoms with E-state index >= 15 is 0 Å². The van der Waals surface area contributed by atoms with Gasteiger partial charge in [-0.3, -0.25) is 9.69 Å². The van der Waals surface area contributed by atoms with Crippen LogP contribution in [-0.4, -0.2) is 65.6 Å². The number of piperidine rings is 1. The predicted molar refractivity (Wildman–Crippen MR) is 123 cm³/mol. The van der Waals surface area contributed by atoms with E-state index in [2.05, 4.69) is 42.3 Å². The Kier molecular flexibility index (Phi) is 8.96. The van der Waals surface area contributed by atoms with Gasteiger partial charge in [-0.15, -0.1) is 36.6 Å². The molecule has 3 fully saturated rings. The van der Waals surface area contributed by atoms with Crippen LogP contribution in [0.15, 0.2) is 18.2 Å². The molecule has 3 saturated heterocycles. The molecule has 1 aromatic rings. The molecule has 1 aromatic carbocycles. The highest BCUT2D eigenvalue weighted by molar-refractivity contribution is 7.99. The monoisotopic (exact) mass is 445 g/mol. The largest absolute Gasteiger partial charge is 0.331 e.